The molecule has 1 aliphatic rings. The van der Waals surface area contributed by atoms with Crippen molar-refractivity contribution in [2.75, 3.05) is 11.9 Å². The maximum Gasteiger partial charge on any atom is 0.125 e. The molecule has 1 aromatic rings. The molecule has 0 spiro atoms. The number of rotatable bonds is 3. The molecule has 3 heteroatoms. The predicted octanol–water partition coefficient (Wildman–Crippen LogP) is 3.88. The van der Waals surface area contributed by atoms with Gasteiger partial charge in [0, 0.05) is 12.7 Å². The van der Waals surface area contributed by atoms with E-state index in [0.29, 0.717) is 6.54 Å². The summed E-state index contributed by atoms with van der Waals surface area (Å²) >= 11 is 0. The van der Waals surface area contributed by atoms with Crippen LogP contribution in [0.4, 0.5) is 5.82 Å². The van der Waals surface area contributed by atoms with Crippen LogP contribution in [0.2, 0.25) is 0 Å². The largest absolute Gasteiger partial charge is 0.388 e. The van der Waals surface area contributed by atoms with Crippen molar-refractivity contribution in [1.29, 1.82) is 0 Å². The summed E-state index contributed by atoms with van der Waals surface area (Å²) in [6.45, 7) is 7.16. The second-order valence-corrected chi connectivity index (χ2v) is 7.17. The number of aromatic nitrogens is 1. The van der Waals surface area contributed by atoms with Crippen molar-refractivity contribution in [1.82, 2.24) is 4.98 Å². The van der Waals surface area contributed by atoms with Crippen LogP contribution in [0.5, 0.6) is 0 Å². The molecule has 0 bridgehead atoms. The number of hydrogen-bond acceptors (Lipinski definition) is 3. The van der Waals surface area contributed by atoms with Gasteiger partial charge in [-0.05, 0) is 29.9 Å². The minimum Gasteiger partial charge on any atom is -0.388 e. The minimum absolute atomic E-state index is 0.130. The van der Waals surface area contributed by atoms with Gasteiger partial charge in [0.2, 0.25) is 0 Å². The highest BCUT2D eigenvalue weighted by Crippen LogP contribution is 2.27. The van der Waals surface area contributed by atoms with E-state index >= 15 is 0 Å². The molecule has 0 saturated heterocycles. The van der Waals surface area contributed by atoms with Gasteiger partial charge in [0.05, 0.1) is 5.60 Å². The topological polar surface area (TPSA) is 45.1 Å². The van der Waals surface area contributed by atoms with Gasteiger partial charge in [0.25, 0.3) is 0 Å². The van der Waals surface area contributed by atoms with Gasteiger partial charge in [-0.2, -0.15) is 0 Å². The van der Waals surface area contributed by atoms with E-state index in [-0.39, 0.29) is 5.41 Å². The third-order valence-electron chi connectivity index (χ3n) is 4.26. The van der Waals surface area contributed by atoms with Crippen LogP contribution in [-0.2, 0) is 5.41 Å². The smallest absolute Gasteiger partial charge is 0.125 e. The lowest BCUT2D eigenvalue weighted by Gasteiger charge is -2.27. The van der Waals surface area contributed by atoms with Crippen molar-refractivity contribution < 1.29 is 5.11 Å². The van der Waals surface area contributed by atoms with E-state index in [2.05, 4.69) is 37.1 Å². The van der Waals surface area contributed by atoms with Gasteiger partial charge in [-0.15, -0.1) is 0 Å². The maximum absolute atomic E-state index is 10.6. The number of aliphatic hydroxyl groups is 1. The summed E-state index contributed by atoms with van der Waals surface area (Å²) in [7, 11) is 0. The molecular weight excluding hydrogens is 248 g/mol. The predicted molar refractivity (Wildman–Crippen MR) is 84.1 cm³/mol. The van der Waals surface area contributed by atoms with E-state index in [4.69, 9.17) is 0 Å². The molecule has 20 heavy (non-hydrogen) atoms. The fourth-order valence-electron chi connectivity index (χ4n) is 2.76. The first kappa shape index (κ1) is 15.3. The van der Waals surface area contributed by atoms with E-state index in [0.717, 1.165) is 31.5 Å². The number of anilines is 1. The summed E-state index contributed by atoms with van der Waals surface area (Å²) in [5.74, 6) is 0.857. The van der Waals surface area contributed by atoms with Crippen LogP contribution >= 0.6 is 0 Å². The van der Waals surface area contributed by atoms with Crippen LogP contribution in [0, 0.1) is 0 Å². The van der Waals surface area contributed by atoms with Gasteiger partial charge in [-0.25, -0.2) is 4.98 Å². The van der Waals surface area contributed by atoms with E-state index in [9.17, 15) is 5.11 Å². The Kier molecular flexibility index (Phi) is 4.69. The molecule has 0 unspecified atom stereocenters. The van der Waals surface area contributed by atoms with Crippen molar-refractivity contribution in [2.45, 2.75) is 70.3 Å². The Morgan fingerprint density at radius 1 is 1.15 bits per heavy atom. The SMILES string of the molecule is CC(C)(C)c1ccc(NCC2(O)CCCCCC2)nc1. The van der Waals surface area contributed by atoms with Gasteiger partial charge < -0.3 is 10.4 Å². The third kappa shape index (κ3) is 4.20. The first-order valence-electron chi connectivity index (χ1n) is 7.82. The molecule has 2 rings (SSSR count). The molecule has 112 valence electrons. The maximum atomic E-state index is 10.6. The molecule has 1 aliphatic carbocycles. The second kappa shape index (κ2) is 6.13. The summed E-state index contributed by atoms with van der Waals surface area (Å²) < 4.78 is 0. The molecule has 1 fully saturated rings. The molecular formula is C17H28N2O. The summed E-state index contributed by atoms with van der Waals surface area (Å²) in [6.07, 6.45) is 8.50. The first-order chi connectivity index (χ1) is 9.39. The molecule has 0 aromatic carbocycles. The first-order valence-corrected chi connectivity index (χ1v) is 7.82. The van der Waals surface area contributed by atoms with Crippen molar-refractivity contribution in [3.63, 3.8) is 0 Å². The van der Waals surface area contributed by atoms with Gasteiger partial charge >= 0.3 is 0 Å². The van der Waals surface area contributed by atoms with E-state index in [1.54, 1.807) is 0 Å². The van der Waals surface area contributed by atoms with Crippen LogP contribution in [-0.4, -0.2) is 22.2 Å². The Morgan fingerprint density at radius 2 is 1.80 bits per heavy atom. The monoisotopic (exact) mass is 276 g/mol. The summed E-state index contributed by atoms with van der Waals surface area (Å²) in [4.78, 5) is 4.46. The zero-order valence-electron chi connectivity index (χ0n) is 13.1. The lowest BCUT2D eigenvalue weighted by molar-refractivity contribution is 0.0380. The zero-order chi connectivity index (χ0) is 14.6. The molecule has 1 saturated carbocycles. The Hall–Kier alpha value is -1.09. The molecule has 0 aliphatic heterocycles. The van der Waals surface area contributed by atoms with E-state index in [1.807, 2.05) is 12.3 Å². The molecule has 2 N–H and O–H groups in total. The quantitative estimate of drug-likeness (QED) is 0.824. The summed E-state index contributed by atoms with van der Waals surface area (Å²) in [5.41, 5.74) is 0.808. The second-order valence-electron chi connectivity index (χ2n) is 7.17. The molecule has 3 nitrogen and oxygen atoms in total. The fourth-order valence-corrected chi connectivity index (χ4v) is 2.76. The van der Waals surface area contributed by atoms with Crippen LogP contribution in [0.1, 0.15) is 64.9 Å². The van der Waals surface area contributed by atoms with E-state index in [1.165, 1.54) is 18.4 Å². The van der Waals surface area contributed by atoms with Gasteiger partial charge in [-0.1, -0.05) is 52.5 Å². The van der Waals surface area contributed by atoms with Crippen LogP contribution in [0.25, 0.3) is 0 Å². The highest BCUT2D eigenvalue weighted by molar-refractivity contribution is 5.37. The average Bonchev–Trinajstić information content (AvgIpc) is 2.61. The molecule has 1 heterocycles. The Morgan fingerprint density at radius 3 is 2.30 bits per heavy atom. The van der Waals surface area contributed by atoms with Crippen molar-refractivity contribution in [3.8, 4) is 0 Å². The highest BCUT2D eigenvalue weighted by Gasteiger charge is 2.27. The van der Waals surface area contributed by atoms with Gasteiger partial charge in [-0.3, -0.25) is 0 Å². The molecule has 0 amide bonds. The number of nitrogens with zero attached hydrogens (tertiary/aromatic N) is 1. The van der Waals surface area contributed by atoms with Gasteiger partial charge in [0.15, 0.2) is 0 Å². The fraction of sp³-hybridized carbons (Fsp3) is 0.706. The molecule has 0 atom stereocenters. The Balaban J connectivity index is 1.93. The number of hydrogen-bond donors (Lipinski definition) is 2. The Bertz CT molecular complexity index is 412. The minimum atomic E-state index is -0.555. The Labute approximate surface area is 122 Å². The molecule has 1 aromatic heterocycles. The normalized spacial score (nSPS) is 19.4. The number of pyridine rings is 1. The lowest BCUT2D eigenvalue weighted by atomic mass is 9.88. The number of nitrogens with one attached hydrogen (secondary N) is 1. The van der Waals surface area contributed by atoms with Crippen molar-refractivity contribution >= 4 is 5.82 Å². The third-order valence-corrected chi connectivity index (χ3v) is 4.26. The van der Waals surface area contributed by atoms with Crippen LogP contribution in [0.3, 0.4) is 0 Å². The highest BCUT2D eigenvalue weighted by atomic mass is 16.3. The van der Waals surface area contributed by atoms with Crippen LogP contribution < -0.4 is 5.32 Å². The van der Waals surface area contributed by atoms with Gasteiger partial charge in [0.1, 0.15) is 5.82 Å². The van der Waals surface area contributed by atoms with E-state index < -0.39 is 5.60 Å². The lowest BCUT2D eigenvalue weighted by Crippen LogP contribution is -2.36. The van der Waals surface area contributed by atoms with Crippen molar-refractivity contribution in [3.05, 3.63) is 23.9 Å². The summed E-state index contributed by atoms with van der Waals surface area (Å²) in [6, 6.07) is 4.13. The van der Waals surface area contributed by atoms with Crippen molar-refractivity contribution in [2.24, 2.45) is 0 Å². The standard InChI is InChI=1S/C17H28N2O/c1-16(2,3)14-8-9-15(18-12-14)19-13-17(20)10-6-4-5-7-11-17/h8-9,12,20H,4-7,10-11,13H2,1-3H3,(H,18,19). The zero-order valence-corrected chi connectivity index (χ0v) is 13.1. The average molecular weight is 276 g/mol. The summed E-state index contributed by atoms with van der Waals surface area (Å²) in [5, 5.41) is 13.9. The van der Waals surface area contributed by atoms with Crippen LogP contribution in [0.15, 0.2) is 18.3 Å². The molecule has 0 radical (unpaired) electrons.